The topological polar surface area (TPSA) is 67.9 Å². The zero-order valence-corrected chi connectivity index (χ0v) is 21.7. The minimum absolute atomic E-state index is 0.128. The predicted molar refractivity (Wildman–Crippen MR) is 148 cm³/mol. The van der Waals surface area contributed by atoms with Crippen LogP contribution in [0.1, 0.15) is 23.6 Å². The molecule has 1 aliphatic rings. The fourth-order valence-electron chi connectivity index (χ4n) is 3.73. The lowest BCUT2D eigenvalue weighted by atomic mass is 10.1. The number of carbonyl (C=O) groups is 2. The number of hydrogen-bond donors (Lipinski definition) is 1. The summed E-state index contributed by atoms with van der Waals surface area (Å²) in [4.78, 5) is 27.5. The van der Waals surface area contributed by atoms with Crippen molar-refractivity contribution in [2.24, 2.45) is 0 Å². The minimum atomic E-state index is -0.260. The van der Waals surface area contributed by atoms with Crippen LogP contribution >= 0.6 is 24.0 Å². The molecule has 0 spiro atoms. The molecule has 0 aromatic heterocycles. The second kappa shape index (κ2) is 11.9. The molecule has 1 N–H and O–H groups in total. The van der Waals surface area contributed by atoms with Gasteiger partial charge in [-0.05, 0) is 47.4 Å². The van der Waals surface area contributed by atoms with Gasteiger partial charge in [-0.2, -0.15) is 0 Å². The lowest BCUT2D eigenvalue weighted by Gasteiger charge is -2.14. The molecule has 184 valence electrons. The number of nitrogens with one attached hydrogen (secondary N) is 1. The Morgan fingerprint density at radius 3 is 2.56 bits per heavy atom. The summed E-state index contributed by atoms with van der Waals surface area (Å²) in [5.74, 6) is 0.511. The first kappa shape index (κ1) is 25.5. The number of ether oxygens (including phenoxy) is 2. The van der Waals surface area contributed by atoms with E-state index in [4.69, 9.17) is 21.7 Å². The molecule has 4 rings (SSSR count). The maximum Gasteiger partial charge on any atom is 0.266 e. The van der Waals surface area contributed by atoms with Gasteiger partial charge in [0.2, 0.25) is 0 Å². The van der Waals surface area contributed by atoms with Gasteiger partial charge in [-0.25, -0.2) is 0 Å². The van der Waals surface area contributed by atoms with E-state index in [0.717, 1.165) is 28.8 Å². The minimum Gasteiger partial charge on any atom is -0.493 e. The van der Waals surface area contributed by atoms with E-state index in [1.165, 1.54) is 18.9 Å². The Hall–Kier alpha value is -3.62. The number of benzene rings is 3. The van der Waals surface area contributed by atoms with Crippen LogP contribution in [0.3, 0.4) is 0 Å². The average molecular weight is 519 g/mol. The third-order valence-corrected chi connectivity index (χ3v) is 6.95. The molecule has 0 atom stereocenters. The van der Waals surface area contributed by atoms with Crippen LogP contribution in [0.2, 0.25) is 0 Å². The Balaban J connectivity index is 1.42. The molecule has 1 heterocycles. The first-order valence-corrected chi connectivity index (χ1v) is 12.7. The second-order valence-electron chi connectivity index (χ2n) is 8.01. The quantitative estimate of drug-likeness (QED) is 0.291. The van der Waals surface area contributed by atoms with Crippen molar-refractivity contribution in [1.82, 2.24) is 4.90 Å². The zero-order valence-electron chi connectivity index (χ0n) is 20.0. The highest BCUT2D eigenvalue weighted by Gasteiger charge is 2.32. The molecule has 0 radical (unpaired) electrons. The first-order chi connectivity index (χ1) is 17.5. The van der Waals surface area contributed by atoms with E-state index in [-0.39, 0.29) is 18.4 Å². The highest BCUT2D eigenvalue weighted by molar-refractivity contribution is 8.26. The van der Waals surface area contributed by atoms with Crippen LogP contribution < -0.4 is 14.8 Å². The summed E-state index contributed by atoms with van der Waals surface area (Å²) in [5.41, 5.74) is 3.61. The molecule has 0 aliphatic carbocycles. The molecule has 8 heteroatoms. The van der Waals surface area contributed by atoms with E-state index < -0.39 is 0 Å². The predicted octanol–water partition coefficient (Wildman–Crippen LogP) is 5.68. The van der Waals surface area contributed by atoms with Crippen LogP contribution in [0.4, 0.5) is 5.69 Å². The summed E-state index contributed by atoms with van der Waals surface area (Å²) >= 11 is 6.72. The average Bonchev–Trinajstić information content (AvgIpc) is 3.16. The van der Waals surface area contributed by atoms with Crippen LogP contribution in [0.25, 0.3) is 6.08 Å². The van der Waals surface area contributed by atoms with Crippen molar-refractivity contribution in [1.29, 1.82) is 0 Å². The fourth-order valence-corrected chi connectivity index (χ4v) is 4.98. The third kappa shape index (κ3) is 6.13. The van der Waals surface area contributed by atoms with Gasteiger partial charge in [-0.1, -0.05) is 85.5 Å². The lowest BCUT2D eigenvalue weighted by Crippen LogP contribution is -2.27. The largest absolute Gasteiger partial charge is 0.493 e. The number of hydrogen-bond acceptors (Lipinski definition) is 6. The molecule has 0 unspecified atom stereocenters. The molecule has 2 amide bonds. The molecule has 1 aliphatic heterocycles. The van der Waals surface area contributed by atoms with Gasteiger partial charge >= 0.3 is 0 Å². The van der Waals surface area contributed by atoms with Crippen molar-refractivity contribution in [3.05, 3.63) is 94.4 Å². The molecule has 0 bridgehead atoms. The van der Waals surface area contributed by atoms with Crippen LogP contribution in [0.15, 0.2) is 77.7 Å². The van der Waals surface area contributed by atoms with E-state index in [2.05, 4.69) is 5.32 Å². The molecule has 36 heavy (non-hydrogen) atoms. The number of thioether (sulfide) groups is 1. The van der Waals surface area contributed by atoms with Gasteiger partial charge < -0.3 is 14.8 Å². The Morgan fingerprint density at radius 1 is 1.06 bits per heavy atom. The smallest absolute Gasteiger partial charge is 0.266 e. The van der Waals surface area contributed by atoms with Gasteiger partial charge in [0.15, 0.2) is 18.1 Å². The van der Waals surface area contributed by atoms with Gasteiger partial charge in [0, 0.05) is 5.69 Å². The summed E-state index contributed by atoms with van der Waals surface area (Å²) in [5, 5.41) is 2.89. The Morgan fingerprint density at radius 2 is 1.81 bits per heavy atom. The van der Waals surface area contributed by atoms with E-state index in [0.29, 0.717) is 27.3 Å². The molecule has 3 aromatic rings. The Labute approximate surface area is 220 Å². The van der Waals surface area contributed by atoms with E-state index >= 15 is 0 Å². The number of nitrogens with zero attached hydrogens (tertiary/aromatic N) is 1. The molecule has 3 aromatic carbocycles. The maximum atomic E-state index is 13.0. The number of amides is 2. The molecular weight excluding hydrogens is 492 g/mol. The molecule has 1 saturated heterocycles. The van der Waals surface area contributed by atoms with E-state index in [1.807, 2.05) is 67.6 Å². The maximum absolute atomic E-state index is 13.0. The number of thiocarbonyl (C=S) groups is 1. The van der Waals surface area contributed by atoms with Crippen molar-refractivity contribution in [3.8, 4) is 11.5 Å². The summed E-state index contributed by atoms with van der Waals surface area (Å²) in [7, 11) is 1.53. The molecular formula is C28H26N2O4S2. The van der Waals surface area contributed by atoms with Crippen LogP contribution in [0, 0.1) is 0 Å². The standard InChI is InChI=1S/C28H26N2O4S2/c1-3-21-11-7-8-12-22(21)29-26(31)18-34-23-14-13-20(15-24(23)33-2)16-25-27(32)30(28(35)36-25)17-19-9-5-4-6-10-19/h4-16H,3,17-18H2,1-2H3,(H,29,31)/b25-16-. The van der Waals surface area contributed by atoms with Gasteiger partial charge in [-0.3, -0.25) is 14.5 Å². The number of aryl methyl sites for hydroxylation is 1. The molecule has 0 saturated carbocycles. The van der Waals surface area contributed by atoms with Crippen molar-refractivity contribution >= 4 is 51.9 Å². The first-order valence-electron chi connectivity index (χ1n) is 11.5. The van der Waals surface area contributed by atoms with Crippen molar-refractivity contribution in [3.63, 3.8) is 0 Å². The normalized spacial score (nSPS) is 14.3. The van der Waals surface area contributed by atoms with Gasteiger partial charge in [0.25, 0.3) is 11.8 Å². The number of carbonyl (C=O) groups excluding carboxylic acids is 2. The highest BCUT2D eigenvalue weighted by atomic mass is 32.2. The number of para-hydroxylation sites is 1. The van der Waals surface area contributed by atoms with Crippen molar-refractivity contribution in [2.45, 2.75) is 19.9 Å². The summed E-state index contributed by atoms with van der Waals surface area (Å²) in [6.07, 6.45) is 2.60. The van der Waals surface area contributed by atoms with Crippen molar-refractivity contribution in [2.75, 3.05) is 19.0 Å². The summed E-state index contributed by atoms with van der Waals surface area (Å²) in [6, 6.07) is 22.7. The SMILES string of the molecule is CCc1ccccc1NC(=O)COc1ccc(/C=C2\SC(=S)N(Cc3ccccc3)C2=O)cc1OC. The monoisotopic (exact) mass is 518 g/mol. The lowest BCUT2D eigenvalue weighted by molar-refractivity contribution is -0.122. The van der Waals surface area contributed by atoms with E-state index in [9.17, 15) is 9.59 Å². The van der Waals surface area contributed by atoms with Crippen LogP contribution in [0.5, 0.6) is 11.5 Å². The number of methoxy groups -OCH3 is 1. The van der Waals surface area contributed by atoms with Crippen LogP contribution in [-0.2, 0) is 22.6 Å². The van der Waals surface area contributed by atoms with Gasteiger partial charge in [0.05, 0.1) is 18.6 Å². The Bertz CT molecular complexity index is 1310. The summed E-state index contributed by atoms with van der Waals surface area (Å²) in [6.45, 7) is 2.31. The van der Waals surface area contributed by atoms with E-state index in [1.54, 1.807) is 23.1 Å². The fraction of sp³-hybridized carbons (Fsp3) is 0.179. The zero-order chi connectivity index (χ0) is 25.5. The second-order valence-corrected chi connectivity index (χ2v) is 9.69. The van der Waals surface area contributed by atoms with Crippen molar-refractivity contribution < 1.29 is 19.1 Å². The summed E-state index contributed by atoms with van der Waals surface area (Å²) < 4.78 is 11.7. The molecule has 6 nitrogen and oxygen atoms in total. The van der Waals surface area contributed by atoms with Crippen LogP contribution in [-0.4, -0.2) is 34.8 Å². The number of rotatable bonds is 9. The molecule has 1 fully saturated rings. The highest BCUT2D eigenvalue weighted by Crippen LogP contribution is 2.35. The number of anilines is 1. The van der Waals surface area contributed by atoms with Gasteiger partial charge in [0.1, 0.15) is 4.32 Å². The van der Waals surface area contributed by atoms with Gasteiger partial charge in [-0.15, -0.1) is 0 Å². The Kier molecular flexibility index (Phi) is 8.40. The third-order valence-electron chi connectivity index (χ3n) is 5.57.